The highest BCUT2D eigenvalue weighted by Gasteiger charge is 2.36. The Morgan fingerprint density at radius 1 is 0.314 bits per heavy atom. The normalized spacial score (nSPS) is 12.7. The van der Waals surface area contributed by atoms with E-state index < -0.39 is 0 Å². The van der Waals surface area contributed by atoms with Crippen molar-refractivity contribution >= 4 is 0 Å². The third kappa shape index (κ3) is 5.53. The second-order valence-corrected chi connectivity index (χ2v) is 13.7. The molecule has 3 nitrogen and oxygen atoms in total. The molecule has 0 N–H and O–H groups in total. The second-order valence-electron chi connectivity index (χ2n) is 13.7. The van der Waals surface area contributed by atoms with Crippen LogP contribution in [0.2, 0.25) is 0 Å². The number of fused-ring (bicyclic) bond motifs is 3. The number of nitrogens with zero attached hydrogens (tertiary/aromatic N) is 3. The second kappa shape index (κ2) is 12.5. The highest BCUT2D eigenvalue weighted by molar-refractivity contribution is 5.93. The lowest BCUT2D eigenvalue weighted by atomic mass is 9.82. The van der Waals surface area contributed by atoms with Gasteiger partial charge in [0.25, 0.3) is 0 Å². The largest absolute Gasteiger partial charge is 0.208 e. The molecule has 0 aliphatic heterocycles. The lowest BCUT2D eigenvalue weighted by Crippen LogP contribution is -2.14. The number of hydrogen-bond donors (Lipinski definition) is 0. The lowest BCUT2D eigenvalue weighted by Gasteiger charge is -2.21. The third-order valence-corrected chi connectivity index (χ3v) is 10.1. The Hall–Kier alpha value is -6.45. The van der Waals surface area contributed by atoms with Crippen molar-refractivity contribution in [2.75, 3.05) is 0 Å². The van der Waals surface area contributed by atoms with Gasteiger partial charge in [0.15, 0.2) is 17.5 Å². The molecule has 3 heteroatoms. The molecule has 0 saturated carbocycles. The van der Waals surface area contributed by atoms with Crippen molar-refractivity contribution < 1.29 is 0 Å². The molecule has 1 aromatic heterocycles. The summed E-state index contributed by atoms with van der Waals surface area (Å²) in [6.45, 7) is 4.67. The van der Waals surface area contributed by atoms with Gasteiger partial charge >= 0.3 is 0 Å². The summed E-state index contributed by atoms with van der Waals surface area (Å²) >= 11 is 0. The number of aromatic nitrogens is 3. The highest BCUT2D eigenvalue weighted by Crippen LogP contribution is 2.52. The summed E-state index contributed by atoms with van der Waals surface area (Å²) in [5.74, 6) is 1.96. The van der Waals surface area contributed by atoms with Crippen LogP contribution in [0.5, 0.6) is 0 Å². The van der Waals surface area contributed by atoms with Crippen molar-refractivity contribution in [3.05, 3.63) is 187 Å². The van der Waals surface area contributed by atoms with Crippen LogP contribution in [0, 0.1) is 0 Å². The molecule has 8 aromatic rings. The van der Waals surface area contributed by atoms with E-state index in [-0.39, 0.29) is 5.41 Å². The summed E-state index contributed by atoms with van der Waals surface area (Å²) in [4.78, 5) is 14.8. The lowest BCUT2D eigenvalue weighted by molar-refractivity contribution is 0.660. The molecule has 1 aliphatic carbocycles. The zero-order chi connectivity index (χ0) is 34.4. The molecule has 9 rings (SSSR count). The molecule has 242 valence electrons. The molecule has 0 spiro atoms. The van der Waals surface area contributed by atoms with Gasteiger partial charge in [0, 0.05) is 22.1 Å². The average Bonchev–Trinajstić information content (AvgIpc) is 3.44. The molecule has 0 fully saturated rings. The van der Waals surface area contributed by atoms with Crippen LogP contribution in [0.25, 0.3) is 78.7 Å². The van der Waals surface area contributed by atoms with E-state index in [2.05, 4.69) is 129 Å². The van der Waals surface area contributed by atoms with Crippen LogP contribution in [-0.2, 0) is 5.41 Å². The molecule has 0 amide bonds. The summed E-state index contributed by atoms with van der Waals surface area (Å²) in [6.07, 6.45) is 0. The Labute approximate surface area is 299 Å². The molecule has 1 aliphatic rings. The first-order chi connectivity index (χ1) is 25.0. The summed E-state index contributed by atoms with van der Waals surface area (Å²) in [5.41, 5.74) is 15.4. The maximum Gasteiger partial charge on any atom is 0.164 e. The van der Waals surface area contributed by atoms with E-state index in [1.807, 2.05) is 60.7 Å². The van der Waals surface area contributed by atoms with Gasteiger partial charge in [-0.25, -0.2) is 15.0 Å². The Morgan fingerprint density at radius 2 is 0.686 bits per heavy atom. The van der Waals surface area contributed by atoms with Crippen LogP contribution >= 0.6 is 0 Å². The van der Waals surface area contributed by atoms with E-state index in [0.717, 1.165) is 27.8 Å². The SMILES string of the molecule is CC1(C)c2ccccc2-c2c(-c3cccc(-c4cccc(-c5cccc(-c6nc(-c7ccccc7)nc(-c7ccccc7)n6)c5)c4)c3)cccc21. The van der Waals surface area contributed by atoms with Crippen molar-refractivity contribution in [3.8, 4) is 78.7 Å². The predicted octanol–water partition coefficient (Wildman–Crippen LogP) is 12.2. The van der Waals surface area contributed by atoms with Crippen molar-refractivity contribution in [2.24, 2.45) is 0 Å². The Kier molecular flexibility index (Phi) is 7.48. The topological polar surface area (TPSA) is 38.7 Å². The van der Waals surface area contributed by atoms with E-state index in [4.69, 9.17) is 15.0 Å². The fourth-order valence-electron chi connectivity index (χ4n) is 7.52. The minimum absolute atomic E-state index is 0.0318. The van der Waals surface area contributed by atoms with Crippen LogP contribution < -0.4 is 0 Å². The Bertz CT molecular complexity index is 2490. The molecule has 1 heterocycles. The zero-order valence-corrected chi connectivity index (χ0v) is 28.6. The molecular formula is C48H35N3. The van der Waals surface area contributed by atoms with Gasteiger partial charge in [-0.05, 0) is 73.8 Å². The maximum absolute atomic E-state index is 4.96. The monoisotopic (exact) mass is 653 g/mol. The zero-order valence-electron chi connectivity index (χ0n) is 28.6. The fourth-order valence-corrected chi connectivity index (χ4v) is 7.52. The Balaban J connectivity index is 1.09. The van der Waals surface area contributed by atoms with Gasteiger partial charge in [-0.15, -0.1) is 0 Å². The first-order valence-corrected chi connectivity index (χ1v) is 17.4. The van der Waals surface area contributed by atoms with Crippen LogP contribution in [0.1, 0.15) is 25.0 Å². The summed E-state index contributed by atoms with van der Waals surface area (Å²) in [6, 6.07) is 62.1. The molecule has 0 saturated heterocycles. The predicted molar refractivity (Wildman–Crippen MR) is 210 cm³/mol. The third-order valence-electron chi connectivity index (χ3n) is 10.1. The van der Waals surface area contributed by atoms with E-state index >= 15 is 0 Å². The van der Waals surface area contributed by atoms with Crippen molar-refractivity contribution in [2.45, 2.75) is 19.3 Å². The fraction of sp³-hybridized carbons (Fsp3) is 0.0625. The minimum Gasteiger partial charge on any atom is -0.208 e. The molecule has 0 bridgehead atoms. The summed E-state index contributed by atoms with van der Waals surface area (Å²) in [7, 11) is 0. The van der Waals surface area contributed by atoms with Gasteiger partial charge < -0.3 is 0 Å². The molecule has 0 atom stereocenters. The van der Waals surface area contributed by atoms with Gasteiger partial charge in [-0.2, -0.15) is 0 Å². The van der Waals surface area contributed by atoms with E-state index in [0.29, 0.717) is 17.5 Å². The van der Waals surface area contributed by atoms with Crippen molar-refractivity contribution in [1.29, 1.82) is 0 Å². The molecular weight excluding hydrogens is 619 g/mol. The number of hydrogen-bond acceptors (Lipinski definition) is 3. The van der Waals surface area contributed by atoms with Crippen LogP contribution in [0.3, 0.4) is 0 Å². The summed E-state index contributed by atoms with van der Waals surface area (Å²) < 4.78 is 0. The summed E-state index contributed by atoms with van der Waals surface area (Å²) in [5, 5.41) is 0. The number of benzene rings is 7. The molecule has 0 unspecified atom stereocenters. The van der Waals surface area contributed by atoms with Gasteiger partial charge in [0.2, 0.25) is 0 Å². The van der Waals surface area contributed by atoms with E-state index in [1.54, 1.807) is 0 Å². The van der Waals surface area contributed by atoms with E-state index in [1.165, 1.54) is 44.5 Å². The highest BCUT2D eigenvalue weighted by atomic mass is 15.0. The van der Waals surface area contributed by atoms with Gasteiger partial charge in [0.05, 0.1) is 0 Å². The average molecular weight is 654 g/mol. The minimum atomic E-state index is -0.0318. The van der Waals surface area contributed by atoms with E-state index in [9.17, 15) is 0 Å². The molecule has 0 radical (unpaired) electrons. The number of rotatable bonds is 6. The van der Waals surface area contributed by atoms with Crippen molar-refractivity contribution in [3.63, 3.8) is 0 Å². The first-order valence-electron chi connectivity index (χ1n) is 17.4. The van der Waals surface area contributed by atoms with Crippen LogP contribution in [0.15, 0.2) is 176 Å². The van der Waals surface area contributed by atoms with Crippen LogP contribution in [-0.4, -0.2) is 15.0 Å². The van der Waals surface area contributed by atoms with Gasteiger partial charge in [0.1, 0.15) is 0 Å². The molecule has 7 aromatic carbocycles. The van der Waals surface area contributed by atoms with Gasteiger partial charge in [-0.3, -0.25) is 0 Å². The van der Waals surface area contributed by atoms with Gasteiger partial charge in [-0.1, -0.05) is 172 Å². The first kappa shape index (κ1) is 30.6. The maximum atomic E-state index is 4.96. The standard InChI is InChI=1S/C48H35N3/c1-48(2)42-27-10-9-25-41(42)44-40(26-14-28-43(44)48)38-23-12-21-36(30-38)34-19-11-20-35(29-34)37-22-13-24-39(31-37)47-50-45(32-15-5-3-6-16-32)49-46(51-47)33-17-7-4-8-18-33/h3-31H,1-2H3. The van der Waals surface area contributed by atoms with Crippen molar-refractivity contribution in [1.82, 2.24) is 15.0 Å². The Morgan fingerprint density at radius 3 is 1.27 bits per heavy atom. The molecule has 51 heavy (non-hydrogen) atoms. The van der Waals surface area contributed by atoms with Crippen LogP contribution in [0.4, 0.5) is 0 Å². The quantitative estimate of drug-likeness (QED) is 0.179. The smallest absolute Gasteiger partial charge is 0.164 e.